The van der Waals surface area contributed by atoms with Gasteiger partial charge in [0.05, 0.1) is 6.54 Å². The van der Waals surface area contributed by atoms with Crippen molar-refractivity contribution in [1.82, 2.24) is 15.5 Å². The molecule has 98 valence electrons. The van der Waals surface area contributed by atoms with E-state index in [1.165, 1.54) is 6.42 Å². The fourth-order valence-electron chi connectivity index (χ4n) is 2.01. The fraction of sp³-hybridized carbons (Fsp3) is 0.818. The van der Waals surface area contributed by atoms with Crippen LogP contribution in [0.25, 0.3) is 0 Å². The summed E-state index contributed by atoms with van der Waals surface area (Å²) in [5.41, 5.74) is 4.91. The van der Waals surface area contributed by atoms with E-state index >= 15 is 0 Å². The molecule has 0 saturated carbocycles. The quantitative estimate of drug-likeness (QED) is 0.614. The van der Waals surface area contributed by atoms with Gasteiger partial charge in [0.2, 0.25) is 5.91 Å². The molecule has 0 aromatic rings. The van der Waals surface area contributed by atoms with Crippen LogP contribution in [0.5, 0.6) is 0 Å². The van der Waals surface area contributed by atoms with Crippen LogP contribution >= 0.6 is 0 Å². The molecule has 4 N–H and O–H groups in total. The molecule has 1 fully saturated rings. The highest BCUT2D eigenvalue weighted by atomic mass is 16.2. The maximum absolute atomic E-state index is 11.5. The molecule has 0 spiro atoms. The van der Waals surface area contributed by atoms with E-state index in [2.05, 4.69) is 10.6 Å². The molecule has 17 heavy (non-hydrogen) atoms. The highest BCUT2D eigenvalue weighted by Crippen LogP contribution is 2.08. The predicted molar refractivity (Wildman–Crippen MR) is 65.5 cm³/mol. The van der Waals surface area contributed by atoms with Gasteiger partial charge in [-0.25, -0.2) is 4.79 Å². The second-order valence-corrected chi connectivity index (χ2v) is 4.73. The van der Waals surface area contributed by atoms with Crippen molar-refractivity contribution < 1.29 is 9.59 Å². The molecule has 0 bridgehead atoms. The van der Waals surface area contributed by atoms with Crippen LogP contribution in [0.1, 0.15) is 26.7 Å². The first-order valence-corrected chi connectivity index (χ1v) is 6.05. The molecule has 1 aliphatic rings. The van der Waals surface area contributed by atoms with Gasteiger partial charge >= 0.3 is 6.03 Å². The largest absolute Gasteiger partial charge is 0.351 e. The van der Waals surface area contributed by atoms with Crippen LogP contribution in [0.15, 0.2) is 0 Å². The summed E-state index contributed by atoms with van der Waals surface area (Å²) in [4.78, 5) is 24.1. The summed E-state index contributed by atoms with van der Waals surface area (Å²) >= 11 is 0. The van der Waals surface area contributed by atoms with Gasteiger partial charge in [0.25, 0.3) is 0 Å². The van der Waals surface area contributed by atoms with Crippen molar-refractivity contribution in [2.24, 2.45) is 5.73 Å². The van der Waals surface area contributed by atoms with Crippen LogP contribution in [0, 0.1) is 0 Å². The number of primary amides is 1. The van der Waals surface area contributed by atoms with Gasteiger partial charge in [-0.3, -0.25) is 15.0 Å². The van der Waals surface area contributed by atoms with E-state index in [0.717, 1.165) is 19.5 Å². The summed E-state index contributed by atoms with van der Waals surface area (Å²) in [5, 5.41) is 5.48. The van der Waals surface area contributed by atoms with Crippen molar-refractivity contribution in [3.8, 4) is 0 Å². The number of rotatable bonds is 5. The molecule has 1 rings (SSSR count). The molecule has 0 aromatic carbocycles. The zero-order valence-electron chi connectivity index (χ0n) is 10.5. The van der Waals surface area contributed by atoms with E-state index < -0.39 is 6.03 Å². The van der Waals surface area contributed by atoms with Crippen LogP contribution in [-0.4, -0.2) is 48.6 Å². The normalized spacial score (nSPS) is 19.9. The lowest BCUT2D eigenvalue weighted by molar-refractivity contribution is -0.121. The third-order valence-electron chi connectivity index (χ3n) is 2.96. The monoisotopic (exact) mass is 242 g/mol. The minimum atomic E-state index is -0.794. The minimum Gasteiger partial charge on any atom is -0.351 e. The second kappa shape index (κ2) is 6.56. The lowest BCUT2D eigenvalue weighted by Gasteiger charge is -2.28. The van der Waals surface area contributed by atoms with Gasteiger partial charge in [-0.1, -0.05) is 0 Å². The maximum Gasteiger partial charge on any atom is 0.318 e. The van der Waals surface area contributed by atoms with Gasteiger partial charge in [0.15, 0.2) is 0 Å². The van der Waals surface area contributed by atoms with Crippen LogP contribution in [0.4, 0.5) is 4.79 Å². The summed E-state index contributed by atoms with van der Waals surface area (Å²) in [7, 11) is 0. The Morgan fingerprint density at radius 3 is 2.71 bits per heavy atom. The Morgan fingerprint density at radius 2 is 2.24 bits per heavy atom. The molecule has 1 atom stereocenters. The number of carbonyl (C=O) groups is 2. The molecule has 1 aliphatic heterocycles. The molecule has 1 heterocycles. The summed E-state index contributed by atoms with van der Waals surface area (Å²) in [5.74, 6) is -0.343. The predicted octanol–water partition coefficient (Wildman–Crippen LogP) is -0.356. The third-order valence-corrected chi connectivity index (χ3v) is 2.96. The van der Waals surface area contributed by atoms with E-state index in [1.54, 1.807) is 0 Å². The van der Waals surface area contributed by atoms with Gasteiger partial charge in [-0.15, -0.1) is 0 Å². The molecule has 0 aliphatic carbocycles. The summed E-state index contributed by atoms with van der Waals surface area (Å²) in [6.45, 7) is 6.14. The number of nitrogens with two attached hydrogens (primary N) is 1. The molecule has 6 heteroatoms. The number of urea groups is 1. The van der Waals surface area contributed by atoms with Gasteiger partial charge in [0.1, 0.15) is 0 Å². The lowest BCUT2D eigenvalue weighted by atomic mass is 10.2. The van der Waals surface area contributed by atoms with E-state index in [9.17, 15) is 9.59 Å². The molecule has 3 amide bonds. The average molecular weight is 242 g/mol. The van der Waals surface area contributed by atoms with Crippen molar-refractivity contribution in [3.05, 3.63) is 0 Å². The molecule has 6 nitrogen and oxygen atoms in total. The van der Waals surface area contributed by atoms with Gasteiger partial charge in [0, 0.05) is 18.6 Å². The third kappa shape index (κ3) is 5.14. The fourth-order valence-corrected chi connectivity index (χ4v) is 2.01. The minimum absolute atomic E-state index is 0.207. The topological polar surface area (TPSA) is 87.5 Å². The first-order chi connectivity index (χ1) is 7.99. The average Bonchev–Trinajstić information content (AvgIpc) is 2.67. The van der Waals surface area contributed by atoms with Gasteiger partial charge in [-0.2, -0.15) is 0 Å². The lowest BCUT2D eigenvalue weighted by Crippen LogP contribution is -2.48. The molecule has 0 radical (unpaired) electrons. The highest BCUT2D eigenvalue weighted by Gasteiger charge is 2.21. The second-order valence-electron chi connectivity index (χ2n) is 4.73. The zero-order valence-corrected chi connectivity index (χ0v) is 10.5. The number of carbonyl (C=O) groups excluding carboxylic acids is 2. The van der Waals surface area contributed by atoms with Gasteiger partial charge in [-0.05, 0) is 33.2 Å². The number of imide groups is 1. The van der Waals surface area contributed by atoms with E-state index in [-0.39, 0.29) is 18.5 Å². The van der Waals surface area contributed by atoms with Crippen molar-refractivity contribution >= 4 is 11.9 Å². The Kier molecular flexibility index (Phi) is 5.37. The summed E-state index contributed by atoms with van der Waals surface area (Å²) in [6.07, 6.45) is 2.32. The standard InChI is InChI=1S/C11H22N4O2/c1-8(2)15(6-9-4-3-5-13-9)7-10(16)14-11(12)17/h8-9,13H,3-7H2,1-2H3,(H3,12,14,16,17). The molecule has 1 saturated heterocycles. The van der Waals surface area contributed by atoms with E-state index in [4.69, 9.17) is 5.73 Å². The first kappa shape index (κ1) is 13.9. The Labute approximate surface area is 102 Å². The van der Waals surface area contributed by atoms with E-state index in [1.807, 2.05) is 18.7 Å². The Morgan fingerprint density at radius 1 is 1.53 bits per heavy atom. The van der Waals surface area contributed by atoms with Crippen molar-refractivity contribution in [2.45, 2.75) is 38.8 Å². The first-order valence-electron chi connectivity index (χ1n) is 6.05. The number of nitrogens with one attached hydrogen (secondary N) is 2. The Hall–Kier alpha value is -1.14. The van der Waals surface area contributed by atoms with Gasteiger partial charge < -0.3 is 11.1 Å². The zero-order chi connectivity index (χ0) is 12.8. The molecular formula is C11H22N4O2. The highest BCUT2D eigenvalue weighted by molar-refractivity contribution is 5.94. The van der Waals surface area contributed by atoms with Crippen molar-refractivity contribution in [3.63, 3.8) is 0 Å². The number of nitrogens with zero attached hydrogens (tertiary/aromatic N) is 1. The SMILES string of the molecule is CC(C)N(CC(=O)NC(N)=O)CC1CCCN1. The number of amides is 3. The van der Waals surface area contributed by atoms with Crippen LogP contribution < -0.4 is 16.4 Å². The maximum atomic E-state index is 11.5. The summed E-state index contributed by atoms with van der Waals surface area (Å²) in [6, 6.07) is -0.0903. The Balaban J connectivity index is 2.41. The van der Waals surface area contributed by atoms with Crippen LogP contribution in [0.2, 0.25) is 0 Å². The van der Waals surface area contributed by atoms with Crippen molar-refractivity contribution in [2.75, 3.05) is 19.6 Å². The molecular weight excluding hydrogens is 220 g/mol. The smallest absolute Gasteiger partial charge is 0.318 e. The molecule has 0 aromatic heterocycles. The van der Waals surface area contributed by atoms with Crippen LogP contribution in [0.3, 0.4) is 0 Å². The number of hydrogen-bond acceptors (Lipinski definition) is 4. The summed E-state index contributed by atoms with van der Waals surface area (Å²) < 4.78 is 0. The van der Waals surface area contributed by atoms with Crippen LogP contribution in [-0.2, 0) is 4.79 Å². The Bertz CT molecular complexity index is 275. The van der Waals surface area contributed by atoms with E-state index in [0.29, 0.717) is 6.04 Å². The van der Waals surface area contributed by atoms with Crippen molar-refractivity contribution in [1.29, 1.82) is 0 Å². The number of hydrogen-bond donors (Lipinski definition) is 3. The molecule has 1 unspecified atom stereocenters.